The van der Waals surface area contributed by atoms with Crippen molar-refractivity contribution in [3.63, 3.8) is 0 Å². The van der Waals surface area contributed by atoms with Crippen LogP contribution in [0.1, 0.15) is 35.8 Å². The van der Waals surface area contributed by atoms with Crippen LogP contribution in [0.2, 0.25) is 0 Å². The largest absolute Gasteiger partial charge is 0.409 e. The Morgan fingerprint density at radius 1 is 1.27 bits per heavy atom. The molecular formula is C10H13F3N2. The van der Waals surface area contributed by atoms with Crippen LogP contribution in [0.3, 0.4) is 0 Å². The SMILES string of the molecule is NC(c1cc2c([nH]1)CCCC2)C(F)(F)F. The van der Waals surface area contributed by atoms with E-state index in [9.17, 15) is 13.2 Å². The molecule has 15 heavy (non-hydrogen) atoms. The van der Waals surface area contributed by atoms with Crippen molar-refractivity contribution in [3.8, 4) is 0 Å². The summed E-state index contributed by atoms with van der Waals surface area (Å²) in [4.78, 5) is 2.79. The lowest BCUT2D eigenvalue weighted by Crippen LogP contribution is -2.28. The van der Waals surface area contributed by atoms with Crippen LogP contribution in [-0.2, 0) is 12.8 Å². The molecule has 5 heteroatoms. The standard InChI is InChI=1S/C10H13F3N2/c11-10(12,13)9(14)8-5-6-3-1-2-4-7(6)15-8/h5,9,15H,1-4,14H2. The summed E-state index contributed by atoms with van der Waals surface area (Å²) in [5.41, 5.74) is 7.14. The molecule has 0 fully saturated rings. The van der Waals surface area contributed by atoms with Crippen LogP contribution in [0.25, 0.3) is 0 Å². The quantitative estimate of drug-likeness (QED) is 0.747. The first kappa shape index (κ1) is 10.5. The minimum absolute atomic E-state index is 0.0920. The van der Waals surface area contributed by atoms with Crippen molar-refractivity contribution >= 4 is 0 Å². The number of aryl methyl sites for hydroxylation is 2. The summed E-state index contributed by atoms with van der Waals surface area (Å²) in [6.07, 6.45) is -0.594. The molecule has 1 atom stereocenters. The van der Waals surface area contributed by atoms with Gasteiger partial charge < -0.3 is 10.7 Å². The van der Waals surface area contributed by atoms with Gasteiger partial charge in [-0.2, -0.15) is 13.2 Å². The lowest BCUT2D eigenvalue weighted by atomic mass is 9.98. The van der Waals surface area contributed by atoms with Gasteiger partial charge in [-0.15, -0.1) is 0 Å². The first-order valence-electron chi connectivity index (χ1n) is 5.01. The highest BCUT2D eigenvalue weighted by atomic mass is 19.4. The molecule has 1 aromatic rings. The molecule has 0 bridgehead atoms. The van der Waals surface area contributed by atoms with Crippen molar-refractivity contribution in [2.24, 2.45) is 5.73 Å². The smallest absolute Gasteiger partial charge is 0.360 e. The third-order valence-electron chi connectivity index (χ3n) is 2.82. The molecule has 3 N–H and O–H groups in total. The van der Waals surface area contributed by atoms with Crippen LogP contribution >= 0.6 is 0 Å². The zero-order valence-corrected chi connectivity index (χ0v) is 8.19. The topological polar surface area (TPSA) is 41.8 Å². The Hall–Kier alpha value is -0.970. The van der Waals surface area contributed by atoms with Crippen LogP contribution in [0, 0.1) is 0 Å². The van der Waals surface area contributed by atoms with Gasteiger partial charge in [0.2, 0.25) is 0 Å². The lowest BCUT2D eigenvalue weighted by Gasteiger charge is -2.13. The molecule has 1 aromatic heterocycles. The van der Waals surface area contributed by atoms with E-state index >= 15 is 0 Å². The van der Waals surface area contributed by atoms with Gasteiger partial charge in [0.25, 0.3) is 0 Å². The average Bonchev–Trinajstić information content (AvgIpc) is 2.58. The van der Waals surface area contributed by atoms with Gasteiger partial charge in [-0.3, -0.25) is 0 Å². The Bertz CT molecular complexity index is 331. The van der Waals surface area contributed by atoms with Gasteiger partial charge in [-0.25, -0.2) is 0 Å². The van der Waals surface area contributed by atoms with E-state index in [2.05, 4.69) is 4.98 Å². The second-order valence-corrected chi connectivity index (χ2v) is 3.95. The fourth-order valence-corrected chi connectivity index (χ4v) is 1.97. The van der Waals surface area contributed by atoms with E-state index in [1.807, 2.05) is 0 Å². The second kappa shape index (κ2) is 3.56. The number of rotatable bonds is 1. The van der Waals surface area contributed by atoms with Gasteiger partial charge in [0.15, 0.2) is 0 Å². The minimum Gasteiger partial charge on any atom is -0.360 e. The molecule has 0 amide bonds. The maximum atomic E-state index is 12.4. The lowest BCUT2D eigenvalue weighted by molar-refractivity contribution is -0.149. The average molecular weight is 218 g/mol. The Morgan fingerprint density at radius 2 is 1.93 bits per heavy atom. The molecule has 0 saturated heterocycles. The molecule has 1 heterocycles. The molecule has 1 unspecified atom stereocenters. The Labute approximate surface area is 85.7 Å². The van der Waals surface area contributed by atoms with E-state index in [4.69, 9.17) is 5.73 Å². The third-order valence-corrected chi connectivity index (χ3v) is 2.82. The maximum absolute atomic E-state index is 12.4. The molecular weight excluding hydrogens is 205 g/mol. The van der Waals surface area contributed by atoms with Crippen LogP contribution in [0.15, 0.2) is 6.07 Å². The number of aromatic nitrogens is 1. The number of halogens is 3. The van der Waals surface area contributed by atoms with Crippen LogP contribution in [0.5, 0.6) is 0 Å². The number of nitrogens with one attached hydrogen (secondary N) is 1. The summed E-state index contributed by atoms with van der Waals surface area (Å²) in [6, 6.07) is -0.324. The van der Waals surface area contributed by atoms with E-state index in [-0.39, 0.29) is 5.69 Å². The second-order valence-electron chi connectivity index (χ2n) is 3.95. The fourth-order valence-electron chi connectivity index (χ4n) is 1.97. The summed E-state index contributed by atoms with van der Waals surface area (Å²) in [7, 11) is 0. The number of hydrogen-bond acceptors (Lipinski definition) is 1. The predicted octanol–water partition coefficient (Wildman–Crippen LogP) is 2.46. The minimum atomic E-state index is -4.37. The Balaban J connectivity index is 2.26. The van der Waals surface area contributed by atoms with Crippen molar-refractivity contribution < 1.29 is 13.2 Å². The van der Waals surface area contributed by atoms with Gasteiger partial charge in [-0.1, -0.05) is 0 Å². The van der Waals surface area contributed by atoms with Crippen LogP contribution in [-0.4, -0.2) is 11.2 Å². The highest BCUT2D eigenvalue weighted by Gasteiger charge is 2.39. The molecule has 0 radical (unpaired) electrons. The van der Waals surface area contributed by atoms with Gasteiger partial charge in [0.05, 0.1) is 0 Å². The van der Waals surface area contributed by atoms with Gasteiger partial charge >= 0.3 is 6.18 Å². The van der Waals surface area contributed by atoms with Crippen molar-refractivity contribution in [2.75, 3.05) is 0 Å². The van der Waals surface area contributed by atoms with Crippen LogP contribution in [0.4, 0.5) is 13.2 Å². The van der Waals surface area contributed by atoms with Crippen molar-refractivity contribution in [2.45, 2.75) is 37.9 Å². The summed E-state index contributed by atoms with van der Waals surface area (Å²) in [5, 5.41) is 0. The molecule has 2 nitrogen and oxygen atoms in total. The first-order chi connectivity index (χ1) is 6.98. The monoisotopic (exact) mass is 218 g/mol. The number of nitrogens with two attached hydrogens (primary N) is 1. The predicted molar refractivity (Wildman–Crippen MR) is 50.4 cm³/mol. The van der Waals surface area contributed by atoms with Crippen molar-refractivity contribution in [3.05, 3.63) is 23.0 Å². The number of aromatic amines is 1. The van der Waals surface area contributed by atoms with E-state index in [0.29, 0.717) is 0 Å². The van der Waals surface area contributed by atoms with Crippen molar-refractivity contribution in [1.82, 2.24) is 4.98 Å². The molecule has 0 aliphatic heterocycles. The molecule has 2 rings (SSSR count). The van der Waals surface area contributed by atoms with Crippen LogP contribution < -0.4 is 5.73 Å². The molecule has 1 aliphatic rings. The Morgan fingerprint density at radius 3 is 2.53 bits per heavy atom. The van der Waals surface area contributed by atoms with Gasteiger partial charge in [0.1, 0.15) is 6.04 Å². The molecule has 84 valence electrons. The first-order valence-corrected chi connectivity index (χ1v) is 5.01. The number of hydrogen-bond donors (Lipinski definition) is 2. The molecule has 0 aromatic carbocycles. The number of alkyl halides is 3. The number of fused-ring (bicyclic) bond motifs is 1. The summed E-state index contributed by atoms with van der Waals surface area (Å²) in [6.45, 7) is 0. The summed E-state index contributed by atoms with van der Waals surface area (Å²) < 4.78 is 37.1. The van der Waals surface area contributed by atoms with E-state index in [1.165, 1.54) is 0 Å². The summed E-state index contributed by atoms with van der Waals surface area (Å²) >= 11 is 0. The Kier molecular flexibility index (Phi) is 2.50. The maximum Gasteiger partial charge on any atom is 0.409 e. The fraction of sp³-hybridized carbons (Fsp3) is 0.600. The molecule has 0 saturated carbocycles. The highest BCUT2D eigenvalue weighted by molar-refractivity contribution is 5.30. The third kappa shape index (κ3) is 2.02. The number of H-pyrrole nitrogens is 1. The zero-order chi connectivity index (χ0) is 11.1. The summed E-state index contributed by atoms with van der Waals surface area (Å²) in [5.74, 6) is 0. The normalized spacial score (nSPS) is 18.7. The highest BCUT2D eigenvalue weighted by Crippen LogP contribution is 2.32. The van der Waals surface area contributed by atoms with Crippen molar-refractivity contribution in [1.29, 1.82) is 0 Å². The van der Waals surface area contributed by atoms with E-state index in [1.54, 1.807) is 6.07 Å². The molecule has 1 aliphatic carbocycles. The zero-order valence-electron chi connectivity index (χ0n) is 8.19. The van der Waals surface area contributed by atoms with Gasteiger partial charge in [0, 0.05) is 11.4 Å². The molecule has 0 spiro atoms. The van der Waals surface area contributed by atoms with E-state index < -0.39 is 12.2 Å². The van der Waals surface area contributed by atoms with Gasteiger partial charge in [-0.05, 0) is 37.3 Å². The van der Waals surface area contributed by atoms with E-state index in [0.717, 1.165) is 36.9 Å².